The highest BCUT2D eigenvalue weighted by molar-refractivity contribution is 5.95. The number of hydrogen-bond acceptors (Lipinski definition) is 8. The number of esters is 2. The van der Waals surface area contributed by atoms with E-state index in [2.05, 4.69) is 34.5 Å². The number of H-pyrrole nitrogens is 1. The van der Waals surface area contributed by atoms with Crippen molar-refractivity contribution in [1.29, 1.82) is 0 Å². The van der Waals surface area contributed by atoms with Crippen LogP contribution in [0.4, 0.5) is 0 Å². The Labute approximate surface area is 269 Å². The maximum atomic E-state index is 14.2. The van der Waals surface area contributed by atoms with Crippen LogP contribution in [0.2, 0.25) is 0 Å². The van der Waals surface area contributed by atoms with Crippen LogP contribution in [0.25, 0.3) is 22.5 Å². The molecule has 3 atom stereocenters. The third kappa shape index (κ3) is 6.98. The number of unbranched alkanes of at least 4 members (excludes halogenated alkanes) is 2. The highest BCUT2D eigenvalue weighted by Gasteiger charge is 2.44. The van der Waals surface area contributed by atoms with Crippen LogP contribution in [-0.4, -0.2) is 55.1 Å². The molecule has 3 heterocycles. The summed E-state index contributed by atoms with van der Waals surface area (Å²) in [5.41, 5.74) is 4.45. The van der Waals surface area contributed by atoms with E-state index in [0.717, 1.165) is 47.9 Å². The van der Waals surface area contributed by atoms with Crippen LogP contribution in [0.3, 0.4) is 0 Å². The summed E-state index contributed by atoms with van der Waals surface area (Å²) in [5.74, 6) is -2.13. The fourth-order valence-corrected chi connectivity index (χ4v) is 6.72. The number of fused-ring (bicyclic) bond motifs is 1. The summed E-state index contributed by atoms with van der Waals surface area (Å²) in [4.78, 5) is 40.7. The molecule has 11 nitrogen and oxygen atoms in total. The first-order valence-electron chi connectivity index (χ1n) is 16.5. The molecule has 0 aliphatic carbocycles. The van der Waals surface area contributed by atoms with Crippen LogP contribution >= 0.6 is 0 Å². The first kappa shape index (κ1) is 32.8. The van der Waals surface area contributed by atoms with Crippen molar-refractivity contribution in [3.05, 3.63) is 76.2 Å². The van der Waals surface area contributed by atoms with Gasteiger partial charge in [0.15, 0.2) is 5.92 Å². The zero-order chi connectivity index (χ0) is 32.6. The van der Waals surface area contributed by atoms with Crippen molar-refractivity contribution in [2.24, 2.45) is 11.8 Å². The highest BCUT2D eigenvalue weighted by Crippen LogP contribution is 2.40. The quantitative estimate of drug-likeness (QED) is 0.103. The number of hydrogen-bond donors (Lipinski definition) is 1. The fraction of sp³-hybridized carbons (Fsp3) is 0.486. The summed E-state index contributed by atoms with van der Waals surface area (Å²) in [6.07, 6.45) is 7.35. The number of tetrazole rings is 1. The summed E-state index contributed by atoms with van der Waals surface area (Å²) in [5, 5.41) is 14.5. The van der Waals surface area contributed by atoms with Gasteiger partial charge in [0, 0.05) is 35.7 Å². The molecule has 2 aromatic heterocycles. The van der Waals surface area contributed by atoms with Gasteiger partial charge in [0.2, 0.25) is 5.82 Å². The second kappa shape index (κ2) is 15.2. The molecule has 0 fully saturated rings. The third-order valence-corrected chi connectivity index (χ3v) is 8.98. The summed E-state index contributed by atoms with van der Waals surface area (Å²) in [6, 6.07) is 15.8. The van der Waals surface area contributed by atoms with Crippen LogP contribution < -0.4 is 5.56 Å². The molecule has 4 aromatic rings. The van der Waals surface area contributed by atoms with Gasteiger partial charge >= 0.3 is 11.9 Å². The molecule has 3 unspecified atom stereocenters. The van der Waals surface area contributed by atoms with Crippen LogP contribution in [-0.2, 0) is 25.5 Å². The second-order valence-corrected chi connectivity index (χ2v) is 12.0. The van der Waals surface area contributed by atoms with Gasteiger partial charge in [-0.25, -0.2) is 4.68 Å². The molecule has 1 aliphatic rings. The minimum absolute atomic E-state index is 0.0879. The van der Waals surface area contributed by atoms with Gasteiger partial charge in [-0.15, -0.1) is 10.2 Å². The van der Waals surface area contributed by atoms with E-state index < -0.39 is 23.8 Å². The second-order valence-electron chi connectivity index (χ2n) is 12.0. The van der Waals surface area contributed by atoms with Crippen molar-refractivity contribution in [2.45, 2.75) is 84.7 Å². The van der Waals surface area contributed by atoms with Crippen LogP contribution in [0.5, 0.6) is 0 Å². The monoisotopic (exact) mass is 628 g/mol. The number of aromatic nitrogens is 6. The standard InChI is InChI=1S/C35H44N6O5/c1-5-8-9-14-29(31(34(43)45-6-2)35(44)46-7-3)30-20-15-23(4)40-22-26(33(42)41(30)40)21-24-16-18-25(19-17-24)27-12-10-11-13-28(27)32-36-38-39-37-32/h10-13,16-19,22-23,29-31H,5-9,14-15,20-21H2,1-4H3,(H,36,37,38,39). The average molecular weight is 629 g/mol. The van der Waals surface area contributed by atoms with Gasteiger partial charge in [0.05, 0.1) is 19.3 Å². The van der Waals surface area contributed by atoms with Gasteiger partial charge in [-0.05, 0) is 61.9 Å². The van der Waals surface area contributed by atoms with Crippen molar-refractivity contribution in [3.63, 3.8) is 0 Å². The topological polar surface area (TPSA) is 134 Å². The number of aromatic amines is 1. The van der Waals surface area contributed by atoms with Crippen molar-refractivity contribution in [1.82, 2.24) is 30.0 Å². The summed E-state index contributed by atoms with van der Waals surface area (Å²) >= 11 is 0. The van der Waals surface area contributed by atoms with E-state index in [9.17, 15) is 14.4 Å². The normalized spacial score (nSPS) is 16.6. The highest BCUT2D eigenvalue weighted by atomic mass is 16.6. The van der Waals surface area contributed by atoms with E-state index in [0.29, 0.717) is 30.7 Å². The Balaban J connectivity index is 1.46. The Kier molecular flexibility index (Phi) is 10.8. The Morgan fingerprint density at radius 2 is 1.65 bits per heavy atom. The lowest BCUT2D eigenvalue weighted by Gasteiger charge is -2.38. The molecule has 11 heteroatoms. The molecule has 2 aromatic carbocycles. The number of nitrogens with zero attached hydrogens (tertiary/aromatic N) is 5. The Morgan fingerprint density at radius 3 is 2.28 bits per heavy atom. The molecule has 0 radical (unpaired) electrons. The van der Waals surface area contributed by atoms with Gasteiger partial charge in [-0.2, -0.15) is 5.21 Å². The van der Waals surface area contributed by atoms with Gasteiger partial charge in [0.25, 0.3) is 5.56 Å². The summed E-state index contributed by atoms with van der Waals surface area (Å²) in [7, 11) is 0. The van der Waals surface area contributed by atoms with Crippen molar-refractivity contribution in [2.75, 3.05) is 13.2 Å². The molecule has 46 heavy (non-hydrogen) atoms. The Hall–Kier alpha value is -4.54. The minimum atomic E-state index is -1.09. The molecule has 0 saturated heterocycles. The first-order valence-corrected chi connectivity index (χ1v) is 16.5. The lowest BCUT2D eigenvalue weighted by molar-refractivity contribution is -0.166. The van der Waals surface area contributed by atoms with E-state index in [-0.39, 0.29) is 30.9 Å². The van der Waals surface area contributed by atoms with Gasteiger partial charge in [-0.1, -0.05) is 74.7 Å². The zero-order valence-corrected chi connectivity index (χ0v) is 27.1. The number of ether oxygens (including phenoxy) is 2. The molecule has 1 N–H and O–H groups in total. The SMILES string of the molecule is CCCCCC(C(C(=O)OCC)C(=O)OCC)C1CCC(C)n2cc(Cc3ccc(-c4ccccc4-c4nn[nH]n4)cc3)c(=O)n21. The van der Waals surface area contributed by atoms with Gasteiger partial charge in [-0.3, -0.25) is 19.1 Å². The molecule has 0 saturated carbocycles. The maximum absolute atomic E-state index is 14.2. The molecule has 5 rings (SSSR count). The number of rotatable bonds is 14. The zero-order valence-electron chi connectivity index (χ0n) is 27.1. The van der Waals surface area contributed by atoms with Gasteiger partial charge in [0.1, 0.15) is 0 Å². The fourth-order valence-electron chi connectivity index (χ4n) is 6.72. The first-order chi connectivity index (χ1) is 22.4. The predicted molar refractivity (Wildman–Crippen MR) is 174 cm³/mol. The van der Waals surface area contributed by atoms with Crippen molar-refractivity contribution < 1.29 is 19.1 Å². The number of carbonyl (C=O) groups excluding carboxylic acids is 2. The predicted octanol–water partition coefficient (Wildman–Crippen LogP) is 5.92. The van der Waals surface area contributed by atoms with Crippen LogP contribution in [0.15, 0.2) is 59.5 Å². The third-order valence-electron chi connectivity index (χ3n) is 8.98. The van der Waals surface area contributed by atoms with Crippen LogP contribution in [0, 0.1) is 11.8 Å². The van der Waals surface area contributed by atoms with Crippen molar-refractivity contribution >= 4 is 11.9 Å². The number of nitrogens with one attached hydrogen (secondary N) is 1. The number of benzene rings is 2. The lowest BCUT2D eigenvalue weighted by Crippen LogP contribution is -2.44. The minimum Gasteiger partial charge on any atom is -0.465 e. The van der Waals surface area contributed by atoms with Gasteiger partial charge < -0.3 is 9.47 Å². The van der Waals surface area contributed by atoms with E-state index in [1.807, 2.05) is 59.4 Å². The van der Waals surface area contributed by atoms with E-state index in [1.54, 1.807) is 18.5 Å². The van der Waals surface area contributed by atoms with Crippen molar-refractivity contribution in [3.8, 4) is 22.5 Å². The van der Waals surface area contributed by atoms with E-state index >= 15 is 0 Å². The molecule has 0 amide bonds. The smallest absolute Gasteiger partial charge is 0.320 e. The molecule has 1 aliphatic heterocycles. The summed E-state index contributed by atoms with van der Waals surface area (Å²) in [6.45, 7) is 8.02. The Morgan fingerprint density at radius 1 is 0.957 bits per heavy atom. The molecule has 244 valence electrons. The molecule has 0 bridgehead atoms. The lowest BCUT2D eigenvalue weighted by atomic mass is 9.79. The Bertz CT molecular complexity index is 1640. The average Bonchev–Trinajstić information content (AvgIpc) is 3.71. The molecule has 0 spiro atoms. The van der Waals surface area contributed by atoms with Crippen LogP contribution in [0.1, 0.15) is 89.4 Å². The van der Waals surface area contributed by atoms with E-state index in [1.165, 1.54) is 0 Å². The maximum Gasteiger partial charge on any atom is 0.320 e. The molecular formula is C35H44N6O5. The largest absolute Gasteiger partial charge is 0.465 e. The van der Waals surface area contributed by atoms with E-state index in [4.69, 9.17) is 9.47 Å². The number of carbonyl (C=O) groups is 2. The summed E-state index contributed by atoms with van der Waals surface area (Å²) < 4.78 is 14.6. The molecular weight excluding hydrogens is 584 g/mol.